The molecule has 0 aromatic heterocycles. The summed E-state index contributed by atoms with van der Waals surface area (Å²) in [5, 5.41) is 132. The minimum absolute atomic E-state index is 0.0180. The first-order valence-corrected chi connectivity index (χ1v) is 37.8. The van der Waals surface area contributed by atoms with Crippen molar-refractivity contribution >= 4 is 256 Å². The van der Waals surface area contributed by atoms with Crippen molar-refractivity contribution in [1.82, 2.24) is 46.6 Å². The third-order valence-electron chi connectivity index (χ3n) is 13.5. The van der Waals surface area contributed by atoms with E-state index in [9.17, 15) is 90.0 Å². The average molecular weight is 2370 g/mol. The average Bonchev–Trinajstić information content (AvgIpc) is 0.866. The predicted molar refractivity (Wildman–Crippen MR) is 413 cm³/mol. The SMILES string of the molecule is O=C(COc1c(I)c(C(=O)NC(CO)CO)c(I)c(C(=O)N2CCN(C(=O)c3c(I)c(OCC(=O)NCC(O)CO)c(I)c(C(=O)NC(CO)CO)c3I)CCN(C(=O)c3c(I)c(OCC(=O)NCC(O)CO)c(I)c(C(=O)NC(CO)CO)c3I)CC2)c1I)NCC(O)CO. The van der Waals surface area contributed by atoms with Gasteiger partial charge in [-0.15, -0.1) is 0 Å². The van der Waals surface area contributed by atoms with E-state index in [2.05, 4.69) is 31.9 Å². The van der Waals surface area contributed by atoms with Crippen LogP contribution in [0.5, 0.6) is 17.2 Å². The highest BCUT2D eigenvalue weighted by molar-refractivity contribution is 14.1. The van der Waals surface area contributed by atoms with Crippen molar-refractivity contribution in [1.29, 1.82) is 0 Å². The molecule has 3 unspecified atom stereocenters. The molecule has 4 rings (SSSR count). The molecule has 3 aromatic carbocycles. The van der Waals surface area contributed by atoms with Crippen LogP contribution in [0.15, 0.2) is 0 Å². The van der Waals surface area contributed by atoms with Crippen molar-refractivity contribution < 1.29 is 119 Å². The second-order valence-electron chi connectivity index (χ2n) is 20.3. The van der Waals surface area contributed by atoms with Crippen LogP contribution in [-0.4, -0.2) is 304 Å². The van der Waals surface area contributed by atoms with Crippen LogP contribution in [0.3, 0.4) is 0 Å². The number of carbonyl (C=O) groups excluding carboxylic acids is 9. The molecular weight excluding hydrogens is 2300 g/mol. The van der Waals surface area contributed by atoms with Gasteiger partial charge in [0.15, 0.2) is 19.8 Å². The smallest absolute Gasteiger partial charge is 0.258 e. The van der Waals surface area contributed by atoms with Gasteiger partial charge in [0.05, 0.1) is 151 Å². The third-order valence-corrected chi connectivity index (χ3v) is 23.0. The summed E-state index contributed by atoms with van der Waals surface area (Å²) < 4.78 is 18.2. The van der Waals surface area contributed by atoms with Crippen molar-refractivity contribution in [3.8, 4) is 17.2 Å². The van der Waals surface area contributed by atoms with E-state index in [4.69, 9.17) is 14.2 Å². The number of aliphatic hydroxyl groups is 12. The first-order chi connectivity index (χ1) is 45.5. The normalized spacial score (nSPS) is 13.7. The number of amides is 9. The lowest BCUT2D eigenvalue weighted by Gasteiger charge is -2.29. The second kappa shape index (κ2) is 42.8. The quantitative estimate of drug-likeness (QED) is 0.0265. The fraction of sp³-hybridized carbons (Fsp3) is 0.500. The minimum atomic E-state index is -1.33. The van der Waals surface area contributed by atoms with Crippen molar-refractivity contribution in [3.05, 3.63) is 65.5 Å². The Bertz CT molecular complexity index is 2970. The maximum atomic E-state index is 15.8. The van der Waals surface area contributed by atoms with Crippen LogP contribution in [0.25, 0.3) is 0 Å². The molecule has 42 heteroatoms. The molecule has 18 N–H and O–H groups in total. The van der Waals surface area contributed by atoms with Gasteiger partial charge in [0, 0.05) is 69.6 Å². The fourth-order valence-electron chi connectivity index (χ4n) is 8.28. The van der Waals surface area contributed by atoms with Crippen LogP contribution in [0, 0.1) is 32.1 Å². The Kier molecular flexibility index (Phi) is 38.7. The van der Waals surface area contributed by atoms with Gasteiger partial charge in [-0.05, 0) is 203 Å². The highest BCUT2D eigenvalue weighted by Crippen LogP contribution is 2.42. The molecule has 1 heterocycles. The number of carbonyl (C=O) groups is 9. The van der Waals surface area contributed by atoms with Crippen LogP contribution in [0.1, 0.15) is 62.1 Å². The number of hydrogen-bond donors (Lipinski definition) is 18. The van der Waals surface area contributed by atoms with E-state index >= 15 is 14.4 Å². The van der Waals surface area contributed by atoms with E-state index in [1.165, 1.54) is 14.7 Å². The molecule has 0 aliphatic carbocycles. The Labute approximate surface area is 670 Å². The number of aliphatic hydroxyl groups excluding tert-OH is 12. The number of nitrogens with one attached hydrogen (secondary N) is 6. The predicted octanol–water partition coefficient (Wildman–Crippen LogP) is -3.34. The van der Waals surface area contributed by atoms with E-state index in [-0.39, 0.29) is 142 Å². The number of hydrogen-bond acceptors (Lipinski definition) is 24. The van der Waals surface area contributed by atoms with Gasteiger partial charge in [0.25, 0.3) is 53.2 Å². The van der Waals surface area contributed by atoms with Crippen molar-refractivity contribution in [2.75, 3.05) is 138 Å². The molecule has 9 amide bonds. The Balaban J connectivity index is 2.09. The molecule has 3 aromatic rings. The van der Waals surface area contributed by atoms with Crippen molar-refractivity contribution in [3.63, 3.8) is 0 Å². The lowest BCUT2D eigenvalue weighted by molar-refractivity contribution is -0.124. The zero-order chi connectivity index (χ0) is 72.0. The van der Waals surface area contributed by atoms with Gasteiger partial charge in [-0.1, -0.05) is 0 Å². The molecule has 33 nitrogen and oxygen atoms in total. The summed E-state index contributed by atoms with van der Waals surface area (Å²) in [6.07, 6.45) is -3.99. The Morgan fingerprint density at radius 1 is 0.323 bits per heavy atom. The molecule has 1 aliphatic rings. The molecule has 0 saturated carbocycles. The topological polar surface area (TPSA) is 506 Å². The summed E-state index contributed by atoms with van der Waals surface area (Å²) in [6, 6.07) is -3.61. The first kappa shape index (κ1) is 86.8. The van der Waals surface area contributed by atoms with E-state index in [1.807, 2.05) is 0 Å². The van der Waals surface area contributed by atoms with Crippen LogP contribution in [0.2, 0.25) is 0 Å². The molecule has 534 valence electrons. The highest BCUT2D eigenvalue weighted by Gasteiger charge is 2.38. The van der Waals surface area contributed by atoms with Crippen LogP contribution < -0.4 is 46.1 Å². The number of nitrogens with zero attached hydrogens (tertiary/aromatic N) is 3. The molecule has 0 spiro atoms. The van der Waals surface area contributed by atoms with E-state index in [0.717, 1.165) is 0 Å². The van der Waals surface area contributed by atoms with Gasteiger partial charge in [-0.3, -0.25) is 43.2 Å². The van der Waals surface area contributed by atoms with E-state index in [0.29, 0.717) is 0 Å². The van der Waals surface area contributed by atoms with Gasteiger partial charge in [-0.25, -0.2) is 0 Å². The second-order valence-corrected chi connectivity index (χ2v) is 30.0. The zero-order valence-corrected chi connectivity index (χ0v) is 69.2. The lowest BCUT2D eigenvalue weighted by atomic mass is 10.1. The van der Waals surface area contributed by atoms with Crippen LogP contribution >= 0.6 is 203 Å². The number of halogens is 9. The molecule has 96 heavy (non-hydrogen) atoms. The van der Waals surface area contributed by atoms with Gasteiger partial charge in [0.1, 0.15) is 17.2 Å². The maximum absolute atomic E-state index is 15.8. The largest absolute Gasteiger partial charge is 0.481 e. The summed E-state index contributed by atoms with van der Waals surface area (Å²) in [6.45, 7) is -12.1. The van der Waals surface area contributed by atoms with Gasteiger partial charge in [-0.2, -0.15) is 0 Å². The Hall–Kier alpha value is -1.62. The summed E-state index contributed by atoms with van der Waals surface area (Å²) in [5.41, 5.74) is -1.31. The van der Waals surface area contributed by atoms with Gasteiger partial charge >= 0.3 is 0 Å². The van der Waals surface area contributed by atoms with E-state index < -0.39 is 169 Å². The van der Waals surface area contributed by atoms with Crippen molar-refractivity contribution in [2.45, 2.75) is 36.4 Å². The standard InChI is InChI=1S/C54H66I9N9O24/c55-37-31(49(88)67-22(10-73)11-74)40(58)46(94-19-28(85)64-7-25(82)16-79)43(61)34(37)52(91)70-1-2-71(53(92)35-38(56)32(50(89)68-23(12-75)13-76)41(59)47(44(35)62)95-20-29(86)65-8-26(83)17-80)5-6-72(4-3-70)54(93)36-39(57)33(51(90)69-24(14-77)15-78)42(60)48(45(36)63)96-21-30(87)66-9-27(84)18-81/h22-27,73-84H,1-21H2,(H,64,85)(H,65,86)(H,66,87)(H,67,88)(H,68,89)(H,69,90). The number of ether oxygens (including phenoxy) is 3. The molecule has 1 saturated heterocycles. The fourth-order valence-corrected chi connectivity index (χ4v) is 21.6. The van der Waals surface area contributed by atoms with Crippen molar-refractivity contribution in [2.24, 2.45) is 0 Å². The first-order valence-electron chi connectivity index (χ1n) is 28.1. The molecule has 1 fully saturated rings. The Morgan fingerprint density at radius 3 is 0.708 bits per heavy atom. The summed E-state index contributed by atoms with van der Waals surface area (Å²) >= 11 is 15.8. The van der Waals surface area contributed by atoms with Crippen LogP contribution in [-0.2, 0) is 14.4 Å². The highest BCUT2D eigenvalue weighted by atomic mass is 127. The third kappa shape index (κ3) is 23.4. The lowest BCUT2D eigenvalue weighted by Crippen LogP contribution is -2.43. The van der Waals surface area contributed by atoms with E-state index in [1.54, 1.807) is 203 Å². The molecular formula is C54H66I9N9O24. The summed E-state index contributed by atoms with van der Waals surface area (Å²) in [5.74, 6) is -8.25. The van der Waals surface area contributed by atoms with Crippen LogP contribution in [0.4, 0.5) is 0 Å². The van der Waals surface area contributed by atoms with Gasteiger partial charge < -0.3 is 122 Å². The van der Waals surface area contributed by atoms with Gasteiger partial charge in [0.2, 0.25) is 0 Å². The molecule has 0 radical (unpaired) electrons. The minimum Gasteiger partial charge on any atom is -0.481 e. The molecule has 1 aliphatic heterocycles. The molecule has 3 atom stereocenters. The summed E-state index contributed by atoms with van der Waals surface area (Å²) in [7, 11) is 0. The molecule has 0 bridgehead atoms. The summed E-state index contributed by atoms with van der Waals surface area (Å²) in [4.78, 5) is 133. The zero-order valence-electron chi connectivity index (χ0n) is 49.8. The maximum Gasteiger partial charge on any atom is 0.258 e. The monoisotopic (exact) mass is 2370 g/mol. The number of benzene rings is 3. The number of rotatable bonds is 33. The Morgan fingerprint density at radius 2 is 0.521 bits per heavy atom.